The fourth-order valence-electron chi connectivity index (χ4n) is 1.96. The van der Waals surface area contributed by atoms with Gasteiger partial charge in [0.15, 0.2) is 0 Å². The van der Waals surface area contributed by atoms with Gasteiger partial charge in [-0.15, -0.1) is 0 Å². The van der Waals surface area contributed by atoms with Gasteiger partial charge in [-0.3, -0.25) is 5.32 Å². The van der Waals surface area contributed by atoms with Crippen LogP contribution in [0, 0.1) is 0 Å². The fourth-order valence-corrected chi connectivity index (χ4v) is 2.23. The van der Waals surface area contributed by atoms with Crippen molar-refractivity contribution in [1.82, 2.24) is 10.6 Å². The second-order valence-corrected chi connectivity index (χ2v) is 7.38. The number of esters is 1. The molecule has 0 radical (unpaired) electrons. The van der Waals surface area contributed by atoms with Crippen molar-refractivity contribution in [2.45, 2.75) is 45.4 Å². The average molecular weight is 401 g/mol. The molecule has 0 aliphatic rings. The molecule has 1 unspecified atom stereocenters. The lowest BCUT2D eigenvalue weighted by atomic mass is 10.1. The first kappa shape index (κ1) is 20.4. The molecule has 0 aliphatic carbocycles. The van der Waals surface area contributed by atoms with Crippen molar-refractivity contribution < 1.29 is 19.1 Å². The SMILES string of the molecule is COC(=O)C(NC[C@@H](C)NC(=O)OC(C)(C)C)c1ccc(Br)cc1. The van der Waals surface area contributed by atoms with E-state index in [-0.39, 0.29) is 12.0 Å². The highest BCUT2D eigenvalue weighted by atomic mass is 79.9. The minimum Gasteiger partial charge on any atom is -0.468 e. The Kier molecular flexibility index (Phi) is 7.69. The summed E-state index contributed by atoms with van der Waals surface area (Å²) in [5.41, 5.74) is 0.234. The number of hydrogen-bond donors (Lipinski definition) is 2. The van der Waals surface area contributed by atoms with E-state index in [1.54, 1.807) is 20.8 Å². The van der Waals surface area contributed by atoms with Crippen molar-refractivity contribution in [2.75, 3.05) is 13.7 Å². The first-order chi connectivity index (χ1) is 11.1. The van der Waals surface area contributed by atoms with Gasteiger partial charge in [-0.05, 0) is 45.4 Å². The highest BCUT2D eigenvalue weighted by Gasteiger charge is 2.23. The maximum atomic E-state index is 12.0. The van der Waals surface area contributed by atoms with Gasteiger partial charge in [-0.1, -0.05) is 28.1 Å². The topological polar surface area (TPSA) is 76.7 Å². The predicted octanol–water partition coefficient (Wildman–Crippen LogP) is 3.17. The molecular weight excluding hydrogens is 376 g/mol. The van der Waals surface area contributed by atoms with Crippen LogP contribution in [0.1, 0.15) is 39.3 Å². The van der Waals surface area contributed by atoms with Gasteiger partial charge in [0.1, 0.15) is 11.6 Å². The van der Waals surface area contributed by atoms with E-state index < -0.39 is 17.7 Å². The second kappa shape index (κ2) is 9.03. The van der Waals surface area contributed by atoms with Crippen LogP contribution in [-0.4, -0.2) is 37.4 Å². The van der Waals surface area contributed by atoms with Crippen LogP contribution in [0.25, 0.3) is 0 Å². The Morgan fingerprint density at radius 3 is 2.29 bits per heavy atom. The summed E-state index contributed by atoms with van der Waals surface area (Å²) in [4.78, 5) is 23.8. The molecule has 0 aliphatic heterocycles. The summed E-state index contributed by atoms with van der Waals surface area (Å²) >= 11 is 3.36. The molecule has 1 aromatic carbocycles. The number of rotatable bonds is 6. The summed E-state index contributed by atoms with van der Waals surface area (Å²) in [6, 6.07) is 6.56. The maximum Gasteiger partial charge on any atom is 0.407 e. The van der Waals surface area contributed by atoms with Crippen LogP contribution >= 0.6 is 15.9 Å². The monoisotopic (exact) mass is 400 g/mol. The van der Waals surface area contributed by atoms with Crippen molar-refractivity contribution >= 4 is 28.0 Å². The zero-order valence-electron chi connectivity index (χ0n) is 14.7. The molecular formula is C17H25BrN2O4. The fraction of sp³-hybridized carbons (Fsp3) is 0.529. The van der Waals surface area contributed by atoms with Crippen molar-refractivity contribution in [3.63, 3.8) is 0 Å². The lowest BCUT2D eigenvalue weighted by Crippen LogP contribution is -2.44. The van der Waals surface area contributed by atoms with Gasteiger partial charge in [-0.2, -0.15) is 0 Å². The summed E-state index contributed by atoms with van der Waals surface area (Å²) in [7, 11) is 1.35. The van der Waals surface area contributed by atoms with Gasteiger partial charge in [0, 0.05) is 17.1 Å². The molecule has 1 amide bonds. The normalized spacial score (nSPS) is 13.8. The molecule has 1 rings (SSSR count). The largest absolute Gasteiger partial charge is 0.468 e. The summed E-state index contributed by atoms with van der Waals surface area (Å²) in [5.74, 6) is -0.387. The Hall–Kier alpha value is -1.60. The van der Waals surface area contributed by atoms with E-state index in [2.05, 4.69) is 26.6 Å². The van der Waals surface area contributed by atoms with Crippen LogP contribution in [0.5, 0.6) is 0 Å². The van der Waals surface area contributed by atoms with Gasteiger partial charge in [0.2, 0.25) is 0 Å². The van der Waals surface area contributed by atoms with Crippen LogP contribution in [0.2, 0.25) is 0 Å². The third-order valence-corrected chi connectivity index (χ3v) is 3.56. The molecule has 24 heavy (non-hydrogen) atoms. The van der Waals surface area contributed by atoms with E-state index >= 15 is 0 Å². The summed E-state index contributed by atoms with van der Waals surface area (Å²) in [6.07, 6.45) is -0.491. The number of methoxy groups -OCH3 is 1. The molecule has 134 valence electrons. The number of halogens is 1. The highest BCUT2D eigenvalue weighted by Crippen LogP contribution is 2.18. The zero-order valence-corrected chi connectivity index (χ0v) is 16.3. The highest BCUT2D eigenvalue weighted by molar-refractivity contribution is 9.10. The number of benzene rings is 1. The quantitative estimate of drug-likeness (QED) is 0.717. The number of alkyl carbamates (subject to hydrolysis) is 1. The lowest BCUT2D eigenvalue weighted by molar-refractivity contribution is -0.143. The number of ether oxygens (including phenoxy) is 2. The number of amides is 1. The van der Waals surface area contributed by atoms with Crippen LogP contribution in [0.4, 0.5) is 4.79 Å². The van der Waals surface area contributed by atoms with Crippen LogP contribution in [-0.2, 0) is 14.3 Å². The molecule has 0 bridgehead atoms. The molecule has 1 aromatic rings. The molecule has 0 spiro atoms. The standard InChI is InChI=1S/C17H25BrN2O4/c1-11(20-16(22)24-17(2,3)4)10-19-14(15(21)23-5)12-6-8-13(18)9-7-12/h6-9,11,14,19H,10H2,1-5H3,(H,20,22)/t11-,14?/m1/s1. The summed E-state index contributed by atoms with van der Waals surface area (Å²) in [5, 5.41) is 5.84. The van der Waals surface area contributed by atoms with E-state index in [0.717, 1.165) is 10.0 Å². The van der Waals surface area contributed by atoms with Gasteiger partial charge in [0.25, 0.3) is 0 Å². The lowest BCUT2D eigenvalue weighted by Gasteiger charge is -2.23. The Morgan fingerprint density at radius 1 is 1.21 bits per heavy atom. The van der Waals surface area contributed by atoms with Crippen molar-refractivity contribution in [3.05, 3.63) is 34.3 Å². The van der Waals surface area contributed by atoms with Gasteiger partial charge < -0.3 is 14.8 Å². The molecule has 6 nitrogen and oxygen atoms in total. The first-order valence-electron chi connectivity index (χ1n) is 7.68. The predicted molar refractivity (Wildman–Crippen MR) is 95.7 cm³/mol. The van der Waals surface area contributed by atoms with E-state index in [1.807, 2.05) is 31.2 Å². The molecule has 2 N–H and O–H groups in total. The van der Waals surface area contributed by atoms with E-state index in [4.69, 9.17) is 9.47 Å². The molecule has 0 saturated heterocycles. The van der Waals surface area contributed by atoms with Crippen molar-refractivity contribution in [3.8, 4) is 0 Å². The number of carbonyl (C=O) groups is 2. The van der Waals surface area contributed by atoms with Gasteiger partial charge >= 0.3 is 12.1 Å². The Labute approximate surface area is 151 Å². The Balaban J connectivity index is 2.63. The van der Waals surface area contributed by atoms with Gasteiger partial charge in [-0.25, -0.2) is 9.59 Å². The summed E-state index contributed by atoms with van der Waals surface area (Å²) in [6.45, 7) is 7.62. The first-order valence-corrected chi connectivity index (χ1v) is 8.48. The van der Waals surface area contributed by atoms with E-state index in [9.17, 15) is 9.59 Å². The molecule has 0 aromatic heterocycles. The Bertz CT molecular complexity index is 555. The van der Waals surface area contributed by atoms with E-state index in [1.165, 1.54) is 7.11 Å². The molecule has 0 saturated carbocycles. The maximum absolute atomic E-state index is 12.0. The van der Waals surface area contributed by atoms with Crippen LogP contribution < -0.4 is 10.6 Å². The molecule has 0 heterocycles. The minimum absolute atomic E-state index is 0.220. The summed E-state index contributed by atoms with van der Waals surface area (Å²) < 4.78 is 11.0. The smallest absolute Gasteiger partial charge is 0.407 e. The molecule has 0 fully saturated rings. The van der Waals surface area contributed by atoms with Crippen LogP contribution in [0.3, 0.4) is 0 Å². The zero-order chi connectivity index (χ0) is 18.3. The molecule has 7 heteroatoms. The van der Waals surface area contributed by atoms with Crippen molar-refractivity contribution in [1.29, 1.82) is 0 Å². The number of carbonyl (C=O) groups excluding carboxylic acids is 2. The third kappa shape index (κ3) is 7.31. The van der Waals surface area contributed by atoms with Crippen molar-refractivity contribution in [2.24, 2.45) is 0 Å². The average Bonchev–Trinajstić information content (AvgIpc) is 2.46. The molecule has 2 atom stereocenters. The van der Waals surface area contributed by atoms with Crippen LogP contribution in [0.15, 0.2) is 28.7 Å². The minimum atomic E-state index is -0.606. The van der Waals surface area contributed by atoms with Gasteiger partial charge in [0.05, 0.1) is 7.11 Å². The Morgan fingerprint density at radius 2 is 1.79 bits per heavy atom. The second-order valence-electron chi connectivity index (χ2n) is 6.46. The van der Waals surface area contributed by atoms with E-state index in [0.29, 0.717) is 6.54 Å². The number of hydrogen-bond acceptors (Lipinski definition) is 5. The number of nitrogens with one attached hydrogen (secondary N) is 2. The third-order valence-electron chi connectivity index (χ3n) is 3.03.